The van der Waals surface area contributed by atoms with Gasteiger partial charge in [-0.05, 0) is 64.2 Å². The van der Waals surface area contributed by atoms with Crippen LogP contribution in [0.1, 0.15) is 44.0 Å². The van der Waals surface area contributed by atoms with Gasteiger partial charge < -0.3 is 5.32 Å². The number of nitrogens with zero attached hydrogens (tertiary/aromatic N) is 3. The highest BCUT2D eigenvalue weighted by molar-refractivity contribution is 5.06. The second-order valence-corrected chi connectivity index (χ2v) is 6.77. The highest BCUT2D eigenvalue weighted by Gasteiger charge is 2.19. The van der Waals surface area contributed by atoms with E-state index < -0.39 is 0 Å². The van der Waals surface area contributed by atoms with Crippen molar-refractivity contribution in [3.63, 3.8) is 0 Å². The highest BCUT2D eigenvalue weighted by Crippen LogP contribution is 2.27. The van der Waals surface area contributed by atoms with Gasteiger partial charge in [0.1, 0.15) is 5.82 Å². The molecule has 4 nitrogen and oxygen atoms in total. The number of rotatable bonds is 6. The maximum absolute atomic E-state index is 4.40. The zero-order valence-corrected chi connectivity index (χ0v) is 14.8. The molecule has 4 heteroatoms. The van der Waals surface area contributed by atoms with E-state index in [0.717, 1.165) is 37.8 Å². The van der Waals surface area contributed by atoms with Crippen molar-refractivity contribution in [1.29, 1.82) is 0 Å². The second-order valence-electron chi connectivity index (χ2n) is 6.77. The van der Waals surface area contributed by atoms with Crippen LogP contribution in [-0.4, -0.2) is 42.1 Å². The van der Waals surface area contributed by atoms with E-state index in [4.69, 9.17) is 0 Å². The highest BCUT2D eigenvalue weighted by atomic mass is 15.0. The fraction of sp³-hybridized carbons (Fsp3) is 0.684. The Hall–Kier alpha value is -1.44. The zero-order chi connectivity index (χ0) is 16.5. The first-order chi connectivity index (χ1) is 11.2. The smallest absolute Gasteiger partial charge is 0.141 e. The van der Waals surface area contributed by atoms with Gasteiger partial charge in [-0.25, -0.2) is 9.97 Å². The lowest BCUT2D eigenvalue weighted by molar-refractivity contribution is 0.304. The van der Waals surface area contributed by atoms with E-state index in [1.165, 1.54) is 31.2 Å². The standard InChI is InChI=1S/C19H30N4/c1-4-16-13-21-19(22-14-16)15-20-12-18-9-7-17(8-10-18)6-5-11-23(2)3/h13-14,17-18,20H,4,7-12,15H2,1-3H3/t17-,18-. The summed E-state index contributed by atoms with van der Waals surface area (Å²) in [6.45, 7) is 4.83. The third kappa shape index (κ3) is 6.68. The summed E-state index contributed by atoms with van der Waals surface area (Å²) in [5.74, 6) is 9.00. The van der Waals surface area contributed by atoms with Crippen LogP contribution in [0.25, 0.3) is 0 Å². The van der Waals surface area contributed by atoms with Crippen LogP contribution in [0.4, 0.5) is 0 Å². The minimum atomic E-state index is 0.608. The third-order valence-corrected chi connectivity index (χ3v) is 4.43. The molecule has 0 aromatic carbocycles. The van der Waals surface area contributed by atoms with E-state index >= 15 is 0 Å². The normalized spacial score (nSPS) is 21.0. The number of nitrogens with one attached hydrogen (secondary N) is 1. The summed E-state index contributed by atoms with van der Waals surface area (Å²) in [4.78, 5) is 10.9. The first kappa shape index (κ1) is 17.9. The quantitative estimate of drug-likeness (QED) is 0.819. The molecular weight excluding hydrogens is 284 g/mol. The molecule has 1 fully saturated rings. The van der Waals surface area contributed by atoms with Crippen LogP contribution in [0, 0.1) is 23.7 Å². The molecule has 1 aliphatic rings. The van der Waals surface area contributed by atoms with Crippen LogP contribution in [0.3, 0.4) is 0 Å². The van der Waals surface area contributed by atoms with E-state index in [-0.39, 0.29) is 0 Å². The van der Waals surface area contributed by atoms with E-state index in [9.17, 15) is 0 Å². The minimum Gasteiger partial charge on any atom is -0.310 e. The van der Waals surface area contributed by atoms with Crippen molar-refractivity contribution in [2.75, 3.05) is 27.2 Å². The van der Waals surface area contributed by atoms with Gasteiger partial charge in [0.05, 0.1) is 13.1 Å². The summed E-state index contributed by atoms with van der Waals surface area (Å²) >= 11 is 0. The van der Waals surface area contributed by atoms with Crippen LogP contribution in [-0.2, 0) is 13.0 Å². The second kappa shape index (κ2) is 9.64. The number of hydrogen-bond acceptors (Lipinski definition) is 4. The zero-order valence-electron chi connectivity index (χ0n) is 14.8. The molecule has 2 rings (SSSR count). The molecule has 0 saturated heterocycles. The SMILES string of the molecule is CCc1cnc(CNC[C@H]2CC[C@H](C#CCN(C)C)CC2)nc1. The fourth-order valence-corrected chi connectivity index (χ4v) is 2.90. The van der Waals surface area contributed by atoms with Crippen molar-refractivity contribution in [1.82, 2.24) is 20.2 Å². The van der Waals surface area contributed by atoms with Crippen molar-refractivity contribution in [3.05, 3.63) is 23.8 Å². The first-order valence-corrected chi connectivity index (χ1v) is 8.81. The van der Waals surface area contributed by atoms with Crippen LogP contribution in [0.5, 0.6) is 0 Å². The molecule has 0 amide bonds. The summed E-state index contributed by atoms with van der Waals surface area (Å²) in [5.41, 5.74) is 1.20. The lowest BCUT2D eigenvalue weighted by Crippen LogP contribution is -2.26. The molecule has 0 spiro atoms. The van der Waals surface area contributed by atoms with Gasteiger partial charge in [0, 0.05) is 18.3 Å². The molecule has 0 radical (unpaired) electrons. The van der Waals surface area contributed by atoms with Crippen molar-refractivity contribution in [2.24, 2.45) is 11.8 Å². The molecule has 1 aromatic heterocycles. The summed E-state index contributed by atoms with van der Waals surface area (Å²) in [7, 11) is 4.13. The van der Waals surface area contributed by atoms with Gasteiger partial charge in [0.25, 0.3) is 0 Å². The topological polar surface area (TPSA) is 41.1 Å². The molecule has 1 heterocycles. The van der Waals surface area contributed by atoms with Crippen LogP contribution in [0.15, 0.2) is 12.4 Å². The van der Waals surface area contributed by atoms with Gasteiger partial charge in [-0.3, -0.25) is 4.90 Å². The van der Waals surface area contributed by atoms with Gasteiger partial charge in [-0.1, -0.05) is 18.8 Å². The molecule has 0 atom stereocenters. The Morgan fingerprint density at radius 3 is 2.48 bits per heavy atom. The Morgan fingerprint density at radius 2 is 1.87 bits per heavy atom. The van der Waals surface area contributed by atoms with Gasteiger partial charge in [0.15, 0.2) is 0 Å². The lowest BCUT2D eigenvalue weighted by atomic mass is 9.82. The summed E-state index contributed by atoms with van der Waals surface area (Å²) in [5, 5.41) is 3.51. The lowest BCUT2D eigenvalue weighted by Gasteiger charge is -2.25. The average molecular weight is 314 g/mol. The van der Waals surface area contributed by atoms with E-state index in [1.807, 2.05) is 12.4 Å². The number of aromatic nitrogens is 2. The van der Waals surface area contributed by atoms with Crippen LogP contribution >= 0.6 is 0 Å². The molecule has 1 saturated carbocycles. The minimum absolute atomic E-state index is 0.608. The molecule has 0 bridgehead atoms. The molecule has 23 heavy (non-hydrogen) atoms. The van der Waals surface area contributed by atoms with Crippen LogP contribution < -0.4 is 5.32 Å². The third-order valence-electron chi connectivity index (χ3n) is 4.43. The Labute approximate surface area is 141 Å². The Kier molecular flexibility index (Phi) is 7.51. The summed E-state index contributed by atoms with van der Waals surface area (Å²) in [6.07, 6.45) is 9.91. The molecule has 126 valence electrons. The van der Waals surface area contributed by atoms with Crippen molar-refractivity contribution < 1.29 is 0 Å². The molecule has 1 N–H and O–H groups in total. The number of hydrogen-bond donors (Lipinski definition) is 1. The van der Waals surface area contributed by atoms with Gasteiger partial charge >= 0.3 is 0 Å². The summed E-state index contributed by atoms with van der Waals surface area (Å²) < 4.78 is 0. The first-order valence-electron chi connectivity index (χ1n) is 8.81. The van der Waals surface area contributed by atoms with Crippen molar-refractivity contribution in [3.8, 4) is 11.8 Å². The Balaban J connectivity index is 1.63. The molecule has 1 aliphatic carbocycles. The molecule has 0 unspecified atom stereocenters. The van der Waals surface area contributed by atoms with Crippen LogP contribution in [0.2, 0.25) is 0 Å². The average Bonchev–Trinajstić information content (AvgIpc) is 2.57. The van der Waals surface area contributed by atoms with Gasteiger partial charge in [0.2, 0.25) is 0 Å². The van der Waals surface area contributed by atoms with Gasteiger partial charge in [-0.15, -0.1) is 0 Å². The van der Waals surface area contributed by atoms with Crippen molar-refractivity contribution >= 4 is 0 Å². The van der Waals surface area contributed by atoms with Gasteiger partial charge in [-0.2, -0.15) is 0 Å². The number of aryl methyl sites for hydroxylation is 1. The van der Waals surface area contributed by atoms with Crippen molar-refractivity contribution in [2.45, 2.75) is 45.6 Å². The predicted molar refractivity (Wildman–Crippen MR) is 94.9 cm³/mol. The maximum Gasteiger partial charge on any atom is 0.141 e. The maximum atomic E-state index is 4.40. The van der Waals surface area contributed by atoms with E-state index in [0.29, 0.717) is 5.92 Å². The molecular formula is C19H30N4. The Bertz CT molecular complexity index is 504. The Morgan fingerprint density at radius 1 is 1.17 bits per heavy atom. The largest absolute Gasteiger partial charge is 0.310 e. The predicted octanol–water partition coefficient (Wildman–Crippen LogP) is 2.50. The fourth-order valence-electron chi connectivity index (χ4n) is 2.90. The van der Waals surface area contributed by atoms with E-state index in [1.54, 1.807) is 0 Å². The van der Waals surface area contributed by atoms with E-state index in [2.05, 4.69) is 53.0 Å². The monoisotopic (exact) mass is 314 g/mol. The summed E-state index contributed by atoms with van der Waals surface area (Å²) in [6, 6.07) is 0. The molecule has 1 aromatic rings. The molecule has 0 aliphatic heterocycles.